The number of benzene rings is 1. The minimum Gasteiger partial charge on any atom is -0.389 e. The molecule has 0 spiro atoms. The smallest absolute Gasteiger partial charge is 0.0726 e. The zero-order valence-corrected chi connectivity index (χ0v) is 8.53. The zero-order valence-electron chi connectivity index (χ0n) is 8.53. The molecule has 0 bridgehead atoms. The largest absolute Gasteiger partial charge is 0.389 e. The topological polar surface area (TPSA) is 20.2 Å². The molecule has 1 nitrogen and oxygen atoms in total. The number of aryl methyl sites for hydroxylation is 1. The van der Waals surface area contributed by atoms with E-state index in [9.17, 15) is 5.11 Å². The van der Waals surface area contributed by atoms with Gasteiger partial charge >= 0.3 is 0 Å². The summed E-state index contributed by atoms with van der Waals surface area (Å²) in [7, 11) is 0. The van der Waals surface area contributed by atoms with E-state index in [1.165, 1.54) is 16.7 Å². The fraction of sp³-hybridized carbons (Fsp3) is 0.385. The lowest BCUT2D eigenvalue weighted by molar-refractivity contribution is 0.206. The molecule has 74 valence electrons. The highest BCUT2D eigenvalue weighted by Gasteiger charge is 2.12. The molecule has 0 saturated heterocycles. The van der Waals surface area contributed by atoms with E-state index in [-0.39, 0.29) is 6.10 Å². The van der Waals surface area contributed by atoms with Crippen molar-refractivity contribution >= 4 is 5.57 Å². The first kappa shape index (κ1) is 9.47. The van der Waals surface area contributed by atoms with Gasteiger partial charge in [-0.15, -0.1) is 0 Å². The summed E-state index contributed by atoms with van der Waals surface area (Å²) in [6.07, 6.45) is 4.88. The Hall–Kier alpha value is -1.08. The fourth-order valence-electron chi connectivity index (χ4n) is 2.06. The Morgan fingerprint density at radius 2 is 2.07 bits per heavy atom. The predicted octanol–water partition coefficient (Wildman–Crippen LogP) is 2.92. The van der Waals surface area contributed by atoms with E-state index in [1.807, 2.05) is 6.08 Å². The van der Waals surface area contributed by atoms with Gasteiger partial charge < -0.3 is 5.11 Å². The Morgan fingerprint density at radius 3 is 2.79 bits per heavy atom. The second-order valence-corrected chi connectivity index (χ2v) is 3.97. The van der Waals surface area contributed by atoms with Gasteiger partial charge in [-0.25, -0.2) is 0 Å². The molecular formula is C13H16O. The van der Waals surface area contributed by atoms with Crippen LogP contribution in [0.4, 0.5) is 0 Å². The quantitative estimate of drug-likeness (QED) is 0.718. The van der Waals surface area contributed by atoms with Gasteiger partial charge in [-0.2, -0.15) is 0 Å². The monoisotopic (exact) mass is 188 g/mol. The molecule has 1 atom stereocenters. The van der Waals surface area contributed by atoms with Gasteiger partial charge in [0, 0.05) is 0 Å². The number of hydrogen-bond acceptors (Lipinski definition) is 1. The summed E-state index contributed by atoms with van der Waals surface area (Å²) in [6, 6.07) is 8.37. The molecule has 1 aliphatic rings. The molecule has 0 saturated carbocycles. The first-order valence-electron chi connectivity index (χ1n) is 5.22. The summed E-state index contributed by atoms with van der Waals surface area (Å²) in [6.45, 7) is 2.12. The van der Waals surface area contributed by atoms with E-state index in [2.05, 4.69) is 31.2 Å². The third-order valence-electron chi connectivity index (χ3n) is 2.83. The molecule has 1 aromatic rings. The van der Waals surface area contributed by atoms with Crippen LogP contribution in [0, 0.1) is 6.92 Å². The molecule has 0 fully saturated rings. The molecular weight excluding hydrogens is 172 g/mol. The summed E-state index contributed by atoms with van der Waals surface area (Å²) in [4.78, 5) is 0. The van der Waals surface area contributed by atoms with Crippen LogP contribution in [0.3, 0.4) is 0 Å². The van der Waals surface area contributed by atoms with Crippen molar-refractivity contribution in [2.45, 2.75) is 32.3 Å². The van der Waals surface area contributed by atoms with Crippen molar-refractivity contribution in [3.8, 4) is 0 Å². The summed E-state index contributed by atoms with van der Waals surface area (Å²) in [5.41, 5.74) is 3.90. The first-order valence-corrected chi connectivity index (χ1v) is 5.22. The SMILES string of the molecule is Cc1ccccc1C1=C[C@@H](O)CCC1. The van der Waals surface area contributed by atoms with E-state index in [0.717, 1.165) is 19.3 Å². The van der Waals surface area contributed by atoms with Gasteiger partial charge in [-0.1, -0.05) is 30.3 Å². The molecule has 1 aromatic carbocycles. The summed E-state index contributed by atoms with van der Waals surface area (Å²) in [5, 5.41) is 9.56. The average Bonchev–Trinajstić information content (AvgIpc) is 2.18. The van der Waals surface area contributed by atoms with Crippen molar-refractivity contribution in [2.24, 2.45) is 0 Å². The minimum atomic E-state index is -0.238. The third kappa shape index (κ3) is 1.88. The number of aliphatic hydroxyl groups excluding tert-OH is 1. The van der Waals surface area contributed by atoms with E-state index in [0.29, 0.717) is 0 Å². The van der Waals surface area contributed by atoms with Crippen LogP contribution in [-0.2, 0) is 0 Å². The van der Waals surface area contributed by atoms with Gasteiger partial charge in [-0.05, 0) is 42.9 Å². The predicted molar refractivity (Wildman–Crippen MR) is 59.0 cm³/mol. The Balaban J connectivity index is 2.35. The van der Waals surface area contributed by atoms with Crippen molar-refractivity contribution in [2.75, 3.05) is 0 Å². The van der Waals surface area contributed by atoms with Crippen molar-refractivity contribution in [1.82, 2.24) is 0 Å². The van der Waals surface area contributed by atoms with Gasteiger partial charge in [0.05, 0.1) is 6.10 Å². The van der Waals surface area contributed by atoms with Crippen LogP contribution in [0.1, 0.15) is 30.4 Å². The Bertz CT molecular complexity index is 352. The number of hydrogen-bond donors (Lipinski definition) is 1. The van der Waals surface area contributed by atoms with E-state index in [4.69, 9.17) is 0 Å². The number of allylic oxidation sites excluding steroid dienone is 1. The van der Waals surface area contributed by atoms with Gasteiger partial charge in [0.25, 0.3) is 0 Å². The van der Waals surface area contributed by atoms with Crippen LogP contribution in [0.25, 0.3) is 5.57 Å². The molecule has 0 aromatic heterocycles. The standard InChI is InChI=1S/C13H16O/c1-10-5-2-3-8-13(10)11-6-4-7-12(14)9-11/h2-3,5,8-9,12,14H,4,6-7H2,1H3/t12-/m0/s1. The van der Waals surface area contributed by atoms with Crippen LogP contribution >= 0.6 is 0 Å². The van der Waals surface area contributed by atoms with Gasteiger partial charge in [-0.3, -0.25) is 0 Å². The van der Waals surface area contributed by atoms with E-state index in [1.54, 1.807) is 0 Å². The normalized spacial score (nSPS) is 21.9. The maximum atomic E-state index is 9.56. The van der Waals surface area contributed by atoms with E-state index < -0.39 is 0 Å². The van der Waals surface area contributed by atoms with Crippen molar-refractivity contribution in [1.29, 1.82) is 0 Å². The minimum absolute atomic E-state index is 0.238. The highest BCUT2D eigenvalue weighted by atomic mass is 16.3. The lowest BCUT2D eigenvalue weighted by Gasteiger charge is -2.18. The molecule has 1 heteroatoms. The molecule has 1 aliphatic carbocycles. The number of aliphatic hydroxyl groups is 1. The molecule has 0 aliphatic heterocycles. The summed E-state index contributed by atoms with van der Waals surface area (Å²) < 4.78 is 0. The summed E-state index contributed by atoms with van der Waals surface area (Å²) in [5.74, 6) is 0. The Labute approximate surface area is 85.1 Å². The van der Waals surface area contributed by atoms with Crippen molar-refractivity contribution in [3.63, 3.8) is 0 Å². The molecule has 14 heavy (non-hydrogen) atoms. The second kappa shape index (κ2) is 3.97. The molecule has 0 amide bonds. The Kier molecular flexibility index (Phi) is 2.69. The molecule has 0 unspecified atom stereocenters. The van der Waals surface area contributed by atoms with Crippen LogP contribution in [-0.4, -0.2) is 11.2 Å². The van der Waals surface area contributed by atoms with Crippen molar-refractivity contribution < 1.29 is 5.11 Å². The van der Waals surface area contributed by atoms with E-state index >= 15 is 0 Å². The first-order chi connectivity index (χ1) is 6.77. The third-order valence-corrected chi connectivity index (χ3v) is 2.83. The zero-order chi connectivity index (χ0) is 9.97. The van der Waals surface area contributed by atoms with Crippen molar-refractivity contribution in [3.05, 3.63) is 41.5 Å². The molecule has 0 heterocycles. The maximum absolute atomic E-state index is 9.56. The fourth-order valence-corrected chi connectivity index (χ4v) is 2.06. The van der Waals surface area contributed by atoms with Crippen LogP contribution in [0.15, 0.2) is 30.3 Å². The van der Waals surface area contributed by atoms with Gasteiger partial charge in [0.1, 0.15) is 0 Å². The van der Waals surface area contributed by atoms with Crippen LogP contribution in [0.2, 0.25) is 0 Å². The highest BCUT2D eigenvalue weighted by molar-refractivity contribution is 5.69. The highest BCUT2D eigenvalue weighted by Crippen LogP contribution is 2.28. The number of rotatable bonds is 1. The van der Waals surface area contributed by atoms with Gasteiger partial charge in [0.15, 0.2) is 0 Å². The average molecular weight is 188 g/mol. The second-order valence-electron chi connectivity index (χ2n) is 3.97. The maximum Gasteiger partial charge on any atom is 0.0726 e. The van der Waals surface area contributed by atoms with Crippen LogP contribution in [0.5, 0.6) is 0 Å². The van der Waals surface area contributed by atoms with Gasteiger partial charge in [0.2, 0.25) is 0 Å². The molecule has 2 rings (SSSR count). The molecule has 1 N–H and O–H groups in total. The molecule has 0 radical (unpaired) electrons. The summed E-state index contributed by atoms with van der Waals surface area (Å²) >= 11 is 0. The Morgan fingerprint density at radius 1 is 1.29 bits per heavy atom. The van der Waals surface area contributed by atoms with Crippen LogP contribution < -0.4 is 0 Å². The lowest BCUT2D eigenvalue weighted by atomic mass is 9.90. The lowest BCUT2D eigenvalue weighted by Crippen LogP contribution is -2.08.